The van der Waals surface area contributed by atoms with E-state index in [0.717, 1.165) is 23.3 Å². The van der Waals surface area contributed by atoms with Gasteiger partial charge in [-0.3, -0.25) is 0 Å². The highest BCUT2D eigenvalue weighted by atomic mass is 35.5. The summed E-state index contributed by atoms with van der Waals surface area (Å²) in [6.45, 7) is 2.77. The number of benzene rings is 2. The normalized spacial score (nSPS) is 12.2. The lowest BCUT2D eigenvalue weighted by molar-refractivity contribution is 0.317. The zero-order valence-electron chi connectivity index (χ0n) is 12.0. The van der Waals surface area contributed by atoms with Crippen molar-refractivity contribution in [2.45, 2.75) is 25.8 Å². The molecular formula is C17H19ClFNO. The number of rotatable bonds is 6. The summed E-state index contributed by atoms with van der Waals surface area (Å²) < 4.78 is 18.6. The molecule has 0 amide bonds. The summed E-state index contributed by atoms with van der Waals surface area (Å²) in [6, 6.07) is 11.9. The third-order valence-electron chi connectivity index (χ3n) is 3.24. The van der Waals surface area contributed by atoms with Gasteiger partial charge in [0.05, 0.1) is 6.61 Å². The smallest absolute Gasteiger partial charge is 0.124 e. The number of hydrogen-bond acceptors (Lipinski definition) is 2. The van der Waals surface area contributed by atoms with E-state index in [-0.39, 0.29) is 11.9 Å². The standard InChI is InChI=1S/C17H19ClFNO/c1-2-9-21-15-7-4-12(5-8-15)17(20)10-13-3-6-14(19)11-16(13)18/h3-8,11,17H,2,9-10,20H2,1H3. The van der Waals surface area contributed by atoms with Crippen LogP contribution in [0.3, 0.4) is 0 Å². The van der Waals surface area contributed by atoms with E-state index in [9.17, 15) is 4.39 Å². The fraction of sp³-hybridized carbons (Fsp3) is 0.294. The van der Waals surface area contributed by atoms with Crippen LogP contribution in [0.2, 0.25) is 5.02 Å². The Morgan fingerprint density at radius 2 is 1.90 bits per heavy atom. The Morgan fingerprint density at radius 1 is 1.19 bits per heavy atom. The van der Waals surface area contributed by atoms with Gasteiger partial charge < -0.3 is 10.5 Å². The average molecular weight is 308 g/mol. The van der Waals surface area contributed by atoms with Gasteiger partial charge in [-0.2, -0.15) is 0 Å². The molecule has 0 heterocycles. The van der Waals surface area contributed by atoms with Gasteiger partial charge >= 0.3 is 0 Å². The number of nitrogens with two attached hydrogens (primary N) is 1. The Morgan fingerprint density at radius 3 is 2.52 bits per heavy atom. The summed E-state index contributed by atoms with van der Waals surface area (Å²) in [5.74, 6) is 0.502. The molecule has 1 unspecified atom stereocenters. The van der Waals surface area contributed by atoms with Crippen molar-refractivity contribution in [1.82, 2.24) is 0 Å². The van der Waals surface area contributed by atoms with Crippen LogP contribution >= 0.6 is 11.6 Å². The second-order valence-corrected chi connectivity index (χ2v) is 5.37. The maximum atomic E-state index is 13.0. The molecule has 0 fully saturated rings. The summed E-state index contributed by atoms with van der Waals surface area (Å²) in [5, 5.41) is 0.411. The Labute approximate surface area is 129 Å². The van der Waals surface area contributed by atoms with Crippen LogP contribution in [0.1, 0.15) is 30.5 Å². The fourth-order valence-corrected chi connectivity index (χ4v) is 2.32. The maximum Gasteiger partial charge on any atom is 0.124 e. The van der Waals surface area contributed by atoms with Crippen LogP contribution in [0, 0.1) is 5.82 Å². The summed E-state index contributed by atoms with van der Waals surface area (Å²) in [7, 11) is 0. The summed E-state index contributed by atoms with van der Waals surface area (Å²) in [6.07, 6.45) is 1.54. The van der Waals surface area contributed by atoms with Gasteiger partial charge in [-0.05, 0) is 48.2 Å². The van der Waals surface area contributed by atoms with Gasteiger partial charge in [0.15, 0.2) is 0 Å². The molecule has 0 bridgehead atoms. The third-order valence-corrected chi connectivity index (χ3v) is 3.59. The zero-order valence-corrected chi connectivity index (χ0v) is 12.7. The molecule has 1 atom stereocenters. The summed E-state index contributed by atoms with van der Waals surface area (Å²) in [5.41, 5.74) is 8.03. The molecule has 0 aliphatic rings. The van der Waals surface area contributed by atoms with E-state index in [4.69, 9.17) is 22.1 Å². The van der Waals surface area contributed by atoms with Gasteiger partial charge in [0.2, 0.25) is 0 Å². The number of hydrogen-bond donors (Lipinski definition) is 1. The van der Waals surface area contributed by atoms with E-state index in [2.05, 4.69) is 6.92 Å². The van der Waals surface area contributed by atoms with Crippen LogP contribution < -0.4 is 10.5 Å². The van der Waals surface area contributed by atoms with Crippen LogP contribution in [-0.2, 0) is 6.42 Å². The molecule has 2 rings (SSSR count). The van der Waals surface area contributed by atoms with Crippen molar-refractivity contribution in [2.75, 3.05) is 6.61 Å². The molecule has 0 aromatic heterocycles. The molecule has 2 aromatic carbocycles. The van der Waals surface area contributed by atoms with Crippen LogP contribution in [0.5, 0.6) is 5.75 Å². The van der Waals surface area contributed by atoms with Crippen molar-refractivity contribution in [3.63, 3.8) is 0 Å². The highest BCUT2D eigenvalue weighted by Gasteiger charge is 2.10. The predicted octanol–water partition coefficient (Wildman–Crippen LogP) is 4.51. The van der Waals surface area contributed by atoms with Gasteiger partial charge in [-0.25, -0.2) is 4.39 Å². The second kappa shape index (κ2) is 7.43. The molecule has 0 saturated carbocycles. The molecular weight excluding hydrogens is 289 g/mol. The number of halogens is 2. The van der Waals surface area contributed by atoms with Crippen LogP contribution in [0.4, 0.5) is 4.39 Å². The molecule has 2 nitrogen and oxygen atoms in total. The first-order chi connectivity index (χ1) is 10.1. The lowest BCUT2D eigenvalue weighted by Gasteiger charge is -2.14. The molecule has 2 aromatic rings. The molecule has 21 heavy (non-hydrogen) atoms. The highest BCUT2D eigenvalue weighted by molar-refractivity contribution is 6.31. The van der Waals surface area contributed by atoms with Crippen LogP contribution in [-0.4, -0.2) is 6.61 Å². The van der Waals surface area contributed by atoms with Gasteiger partial charge in [0.25, 0.3) is 0 Å². The predicted molar refractivity (Wildman–Crippen MR) is 84.3 cm³/mol. The van der Waals surface area contributed by atoms with Crippen molar-refractivity contribution in [2.24, 2.45) is 5.73 Å². The minimum Gasteiger partial charge on any atom is -0.494 e. The second-order valence-electron chi connectivity index (χ2n) is 4.96. The van der Waals surface area contributed by atoms with E-state index < -0.39 is 0 Å². The van der Waals surface area contributed by atoms with Crippen molar-refractivity contribution < 1.29 is 9.13 Å². The molecule has 2 N–H and O–H groups in total. The Hall–Kier alpha value is -1.58. The van der Waals surface area contributed by atoms with Crippen LogP contribution in [0.25, 0.3) is 0 Å². The first-order valence-corrected chi connectivity index (χ1v) is 7.40. The molecule has 0 aliphatic carbocycles. The third kappa shape index (κ3) is 4.45. The quantitative estimate of drug-likeness (QED) is 0.852. The maximum absolute atomic E-state index is 13.0. The Bertz CT molecular complexity index is 586. The van der Waals surface area contributed by atoms with E-state index in [1.165, 1.54) is 12.1 Å². The summed E-state index contributed by atoms with van der Waals surface area (Å²) in [4.78, 5) is 0. The topological polar surface area (TPSA) is 35.2 Å². The molecule has 4 heteroatoms. The minimum atomic E-state index is -0.338. The van der Waals surface area contributed by atoms with Gasteiger partial charge in [0, 0.05) is 11.1 Å². The summed E-state index contributed by atoms with van der Waals surface area (Å²) >= 11 is 6.03. The molecule has 0 saturated heterocycles. The Kier molecular flexibility index (Phi) is 5.59. The molecule has 0 spiro atoms. The lowest BCUT2D eigenvalue weighted by Crippen LogP contribution is -2.13. The molecule has 112 valence electrons. The van der Waals surface area contributed by atoms with Gasteiger partial charge in [-0.1, -0.05) is 36.7 Å². The first kappa shape index (κ1) is 15.8. The van der Waals surface area contributed by atoms with E-state index >= 15 is 0 Å². The monoisotopic (exact) mass is 307 g/mol. The lowest BCUT2D eigenvalue weighted by atomic mass is 9.99. The van der Waals surface area contributed by atoms with Crippen molar-refractivity contribution in [3.8, 4) is 5.75 Å². The largest absolute Gasteiger partial charge is 0.494 e. The van der Waals surface area contributed by atoms with Crippen molar-refractivity contribution in [1.29, 1.82) is 0 Å². The Balaban J connectivity index is 2.04. The highest BCUT2D eigenvalue weighted by Crippen LogP contribution is 2.24. The average Bonchev–Trinajstić information content (AvgIpc) is 2.48. The van der Waals surface area contributed by atoms with E-state index in [0.29, 0.717) is 18.1 Å². The van der Waals surface area contributed by atoms with Gasteiger partial charge in [0.1, 0.15) is 11.6 Å². The molecule has 0 radical (unpaired) electrons. The van der Waals surface area contributed by atoms with Crippen molar-refractivity contribution in [3.05, 3.63) is 64.4 Å². The van der Waals surface area contributed by atoms with Crippen LogP contribution in [0.15, 0.2) is 42.5 Å². The van der Waals surface area contributed by atoms with E-state index in [1.807, 2.05) is 24.3 Å². The number of ether oxygens (including phenoxy) is 1. The minimum absolute atomic E-state index is 0.187. The zero-order chi connectivity index (χ0) is 15.2. The van der Waals surface area contributed by atoms with Crippen molar-refractivity contribution >= 4 is 11.6 Å². The molecule has 0 aliphatic heterocycles. The van der Waals surface area contributed by atoms with E-state index in [1.54, 1.807) is 6.07 Å². The first-order valence-electron chi connectivity index (χ1n) is 7.02. The van der Waals surface area contributed by atoms with Gasteiger partial charge in [-0.15, -0.1) is 0 Å². The SMILES string of the molecule is CCCOc1ccc(C(N)Cc2ccc(F)cc2Cl)cc1. The fourth-order valence-electron chi connectivity index (χ4n) is 2.07.